The van der Waals surface area contributed by atoms with E-state index in [1.807, 2.05) is 31.2 Å². The van der Waals surface area contributed by atoms with E-state index in [-0.39, 0.29) is 0 Å². The predicted octanol–water partition coefficient (Wildman–Crippen LogP) is 2.54. The maximum Gasteiger partial charge on any atom is 0.232 e. The first-order valence-corrected chi connectivity index (χ1v) is 8.10. The van der Waals surface area contributed by atoms with E-state index in [0.717, 1.165) is 11.1 Å². The minimum Gasteiger partial charge on any atom is -0.399 e. The van der Waals surface area contributed by atoms with Gasteiger partial charge >= 0.3 is 0 Å². The molecule has 0 aliphatic rings. The summed E-state index contributed by atoms with van der Waals surface area (Å²) < 4.78 is 25.4. The van der Waals surface area contributed by atoms with Crippen molar-refractivity contribution in [1.82, 2.24) is 0 Å². The van der Waals surface area contributed by atoms with E-state index in [4.69, 9.17) is 5.73 Å². The Bertz CT molecular complexity index is 694. The van der Waals surface area contributed by atoms with E-state index in [1.54, 1.807) is 24.3 Å². The lowest BCUT2D eigenvalue weighted by molar-refractivity contribution is 0.596. The van der Waals surface area contributed by atoms with Crippen molar-refractivity contribution in [1.29, 1.82) is 0 Å². The van der Waals surface area contributed by atoms with Gasteiger partial charge in [-0.1, -0.05) is 35.9 Å². The Hall–Kier alpha value is -2.01. The highest BCUT2D eigenvalue weighted by molar-refractivity contribution is 7.92. The first kappa shape index (κ1) is 14.4. The SMILES string of the molecule is Cc1ccc(CN(c2cccc(N)c2)S(C)(=O)=O)cc1. The van der Waals surface area contributed by atoms with Gasteiger partial charge in [0.25, 0.3) is 0 Å². The van der Waals surface area contributed by atoms with Crippen molar-refractivity contribution in [3.63, 3.8) is 0 Å². The molecule has 5 heteroatoms. The number of nitrogen functional groups attached to an aromatic ring is 1. The summed E-state index contributed by atoms with van der Waals surface area (Å²) in [6.07, 6.45) is 1.20. The highest BCUT2D eigenvalue weighted by Gasteiger charge is 2.17. The number of sulfonamides is 1. The van der Waals surface area contributed by atoms with Gasteiger partial charge in [-0.2, -0.15) is 0 Å². The second-order valence-electron chi connectivity index (χ2n) is 4.85. The third-order valence-corrected chi connectivity index (χ3v) is 4.15. The summed E-state index contributed by atoms with van der Waals surface area (Å²) in [6.45, 7) is 2.29. The van der Waals surface area contributed by atoms with Crippen LogP contribution in [0.4, 0.5) is 11.4 Å². The molecule has 0 aliphatic heterocycles. The molecule has 0 unspecified atom stereocenters. The topological polar surface area (TPSA) is 63.4 Å². The van der Waals surface area contributed by atoms with Crippen molar-refractivity contribution < 1.29 is 8.42 Å². The molecular weight excluding hydrogens is 272 g/mol. The van der Waals surface area contributed by atoms with Gasteiger partial charge in [-0.3, -0.25) is 4.31 Å². The summed E-state index contributed by atoms with van der Waals surface area (Å²) >= 11 is 0. The normalized spacial score (nSPS) is 11.3. The van der Waals surface area contributed by atoms with Gasteiger partial charge in [-0.15, -0.1) is 0 Å². The zero-order chi connectivity index (χ0) is 14.8. The van der Waals surface area contributed by atoms with Gasteiger partial charge in [-0.25, -0.2) is 8.42 Å². The van der Waals surface area contributed by atoms with Crippen LogP contribution in [0.1, 0.15) is 11.1 Å². The van der Waals surface area contributed by atoms with Gasteiger partial charge in [0.15, 0.2) is 0 Å². The summed E-state index contributed by atoms with van der Waals surface area (Å²) in [6, 6.07) is 14.7. The lowest BCUT2D eigenvalue weighted by atomic mass is 10.1. The van der Waals surface area contributed by atoms with E-state index < -0.39 is 10.0 Å². The van der Waals surface area contributed by atoms with Crippen LogP contribution >= 0.6 is 0 Å². The third kappa shape index (κ3) is 3.51. The highest BCUT2D eigenvalue weighted by atomic mass is 32.2. The molecule has 0 saturated carbocycles. The molecule has 20 heavy (non-hydrogen) atoms. The van der Waals surface area contributed by atoms with Crippen LogP contribution in [-0.2, 0) is 16.6 Å². The first-order chi connectivity index (χ1) is 9.36. The van der Waals surface area contributed by atoms with Crippen LogP contribution in [0.25, 0.3) is 0 Å². The van der Waals surface area contributed by atoms with Crippen LogP contribution in [0.2, 0.25) is 0 Å². The smallest absolute Gasteiger partial charge is 0.232 e. The van der Waals surface area contributed by atoms with Crippen LogP contribution in [0, 0.1) is 6.92 Å². The van der Waals surface area contributed by atoms with E-state index in [0.29, 0.717) is 17.9 Å². The molecule has 4 nitrogen and oxygen atoms in total. The highest BCUT2D eigenvalue weighted by Crippen LogP contribution is 2.22. The molecule has 2 aromatic rings. The average molecular weight is 290 g/mol. The molecule has 0 bridgehead atoms. The third-order valence-electron chi connectivity index (χ3n) is 3.01. The molecule has 2 rings (SSSR count). The zero-order valence-corrected chi connectivity index (χ0v) is 12.4. The predicted molar refractivity (Wildman–Crippen MR) is 83.1 cm³/mol. The van der Waals surface area contributed by atoms with Gasteiger partial charge in [0, 0.05) is 5.69 Å². The molecule has 0 amide bonds. The number of anilines is 2. The Labute approximate surface area is 119 Å². The average Bonchev–Trinajstić information content (AvgIpc) is 2.36. The summed E-state index contributed by atoms with van der Waals surface area (Å²) in [7, 11) is -3.37. The lowest BCUT2D eigenvalue weighted by Gasteiger charge is -2.23. The molecule has 0 atom stereocenters. The Morgan fingerprint density at radius 3 is 2.30 bits per heavy atom. The summed E-state index contributed by atoms with van der Waals surface area (Å²) in [5.74, 6) is 0. The van der Waals surface area contributed by atoms with E-state index in [1.165, 1.54) is 10.6 Å². The lowest BCUT2D eigenvalue weighted by Crippen LogP contribution is -2.29. The number of nitrogens with two attached hydrogens (primary N) is 1. The van der Waals surface area contributed by atoms with E-state index >= 15 is 0 Å². The number of benzene rings is 2. The van der Waals surface area contributed by atoms with Crippen molar-refractivity contribution in [2.45, 2.75) is 13.5 Å². The van der Waals surface area contributed by atoms with E-state index in [9.17, 15) is 8.42 Å². The van der Waals surface area contributed by atoms with Gasteiger partial charge in [0.2, 0.25) is 10.0 Å². The fourth-order valence-corrected chi connectivity index (χ4v) is 2.82. The maximum atomic E-state index is 12.0. The van der Waals surface area contributed by atoms with Crippen LogP contribution < -0.4 is 10.0 Å². The molecule has 0 heterocycles. The fraction of sp³-hybridized carbons (Fsp3) is 0.200. The molecule has 106 valence electrons. The van der Waals surface area contributed by atoms with Gasteiger partial charge in [-0.05, 0) is 30.7 Å². The van der Waals surface area contributed by atoms with Crippen LogP contribution in [0.5, 0.6) is 0 Å². The standard InChI is InChI=1S/C15H18N2O2S/c1-12-6-8-13(9-7-12)11-17(20(2,18)19)15-5-3-4-14(16)10-15/h3-10H,11,16H2,1-2H3. The molecule has 2 N–H and O–H groups in total. The number of hydrogen-bond acceptors (Lipinski definition) is 3. The summed E-state index contributed by atoms with van der Waals surface area (Å²) in [5, 5.41) is 0. The Morgan fingerprint density at radius 2 is 1.75 bits per heavy atom. The van der Waals surface area contributed by atoms with Crippen LogP contribution in [-0.4, -0.2) is 14.7 Å². The van der Waals surface area contributed by atoms with Crippen molar-refractivity contribution in [3.8, 4) is 0 Å². The zero-order valence-electron chi connectivity index (χ0n) is 11.6. The summed E-state index contributed by atoms with van der Waals surface area (Å²) in [4.78, 5) is 0. The largest absolute Gasteiger partial charge is 0.399 e. The molecule has 0 spiro atoms. The Kier molecular flexibility index (Phi) is 3.99. The minimum absolute atomic E-state index is 0.294. The van der Waals surface area contributed by atoms with Crippen molar-refractivity contribution in [2.24, 2.45) is 0 Å². The monoisotopic (exact) mass is 290 g/mol. The van der Waals surface area contributed by atoms with Gasteiger partial charge < -0.3 is 5.73 Å². The first-order valence-electron chi connectivity index (χ1n) is 6.25. The number of rotatable bonds is 4. The molecule has 2 aromatic carbocycles. The fourth-order valence-electron chi connectivity index (χ4n) is 1.94. The minimum atomic E-state index is -3.37. The summed E-state index contributed by atoms with van der Waals surface area (Å²) in [5.41, 5.74) is 8.93. The molecule has 0 aliphatic carbocycles. The quantitative estimate of drug-likeness (QED) is 0.880. The molecule has 0 saturated heterocycles. The number of aryl methyl sites for hydroxylation is 1. The van der Waals surface area contributed by atoms with Crippen molar-refractivity contribution in [2.75, 3.05) is 16.3 Å². The molecule has 0 aromatic heterocycles. The maximum absolute atomic E-state index is 12.0. The second kappa shape index (κ2) is 5.54. The Morgan fingerprint density at radius 1 is 1.10 bits per heavy atom. The molecule has 0 fully saturated rings. The second-order valence-corrected chi connectivity index (χ2v) is 6.76. The van der Waals surface area contributed by atoms with Crippen molar-refractivity contribution in [3.05, 3.63) is 59.7 Å². The van der Waals surface area contributed by atoms with Gasteiger partial charge in [0.1, 0.15) is 0 Å². The van der Waals surface area contributed by atoms with E-state index in [2.05, 4.69) is 0 Å². The Balaban J connectivity index is 2.37. The number of nitrogens with zero attached hydrogens (tertiary/aromatic N) is 1. The van der Waals surface area contributed by atoms with Gasteiger partial charge in [0.05, 0.1) is 18.5 Å². The molecule has 0 radical (unpaired) electrons. The van der Waals surface area contributed by atoms with Crippen molar-refractivity contribution >= 4 is 21.4 Å². The number of hydrogen-bond donors (Lipinski definition) is 1. The van der Waals surface area contributed by atoms with Crippen LogP contribution in [0.15, 0.2) is 48.5 Å². The molecular formula is C15H18N2O2S. The van der Waals surface area contributed by atoms with Crippen LogP contribution in [0.3, 0.4) is 0 Å².